The number of hydrogen-bond donors (Lipinski definition) is 3. The average molecular weight is 533 g/mol. The highest BCUT2D eigenvalue weighted by molar-refractivity contribution is 6.32. The molecule has 0 saturated carbocycles. The van der Waals surface area contributed by atoms with E-state index in [0.717, 1.165) is 16.5 Å². The standard InChI is InChI=1S/C28H22ClFN4O4/c1-16(28(35)36)31-14-19-8-11-24(37-19)17-6-9-23-20(12-17)27(33-15-32-23)34-18-7-10-25(21(29)13-18)38-26-5-3-2-4-22(26)30/h2-13,15-16,31H,14H2,1H3,(H,35,36)(H,32,33,34). The van der Waals surface area contributed by atoms with Gasteiger partial charge in [0, 0.05) is 16.6 Å². The van der Waals surface area contributed by atoms with Gasteiger partial charge in [-0.3, -0.25) is 10.1 Å². The number of fused-ring (bicyclic) bond motifs is 1. The number of nitrogens with zero attached hydrogens (tertiary/aromatic N) is 2. The summed E-state index contributed by atoms with van der Waals surface area (Å²) < 4.78 is 25.5. The van der Waals surface area contributed by atoms with Gasteiger partial charge in [-0.1, -0.05) is 23.7 Å². The third-order valence-electron chi connectivity index (χ3n) is 5.79. The molecule has 0 saturated heterocycles. The number of carboxylic acid groups (broad SMARTS) is 1. The van der Waals surface area contributed by atoms with Crippen LogP contribution in [0.3, 0.4) is 0 Å². The Balaban J connectivity index is 1.37. The first kappa shape index (κ1) is 25.2. The Bertz CT molecular complexity index is 1620. The molecule has 0 aliphatic heterocycles. The Morgan fingerprint density at radius 3 is 2.71 bits per heavy atom. The van der Waals surface area contributed by atoms with E-state index in [2.05, 4.69) is 20.6 Å². The molecule has 1 unspecified atom stereocenters. The quantitative estimate of drug-likeness (QED) is 0.190. The van der Waals surface area contributed by atoms with Crippen LogP contribution >= 0.6 is 11.6 Å². The normalized spacial score (nSPS) is 11.9. The second-order valence-electron chi connectivity index (χ2n) is 8.46. The minimum atomic E-state index is -0.931. The number of benzene rings is 3. The van der Waals surface area contributed by atoms with Crippen LogP contribution in [0.15, 0.2) is 83.5 Å². The number of aromatic nitrogens is 2. The number of hydrogen-bond acceptors (Lipinski definition) is 7. The van der Waals surface area contributed by atoms with Gasteiger partial charge in [-0.15, -0.1) is 0 Å². The predicted molar refractivity (Wildman–Crippen MR) is 142 cm³/mol. The molecule has 5 rings (SSSR count). The second kappa shape index (κ2) is 10.9. The zero-order valence-corrected chi connectivity index (χ0v) is 20.9. The number of carbonyl (C=O) groups is 1. The lowest BCUT2D eigenvalue weighted by Crippen LogP contribution is -2.32. The molecule has 3 aromatic carbocycles. The van der Waals surface area contributed by atoms with Crippen LogP contribution in [0.4, 0.5) is 15.9 Å². The summed E-state index contributed by atoms with van der Waals surface area (Å²) in [5, 5.41) is 16.2. The zero-order valence-electron chi connectivity index (χ0n) is 20.1. The average Bonchev–Trinajstić information content (AvgIpc) is 3.39. The summed E-state index contributed by atoms with van der Waals surface area (Å²) in [5.41, 5.74) is 2.18. The lowest BCUT2D eigenvalue weighted by molar-refractivity contribution is -0.139. The minimum absolute atomic E-state index is 0.0812. The van der Waals surface area contributed by atoms with E-state index in [0.29, 0.717) is 33.8 Å². The fraction of sp³-hybridized carbons (Fsp3) is 0.107. The molecular weight excluding hydrogens is 511 g/mol. The molecule has 38 heavy (non-hydrogen) atoms. The second-order valence-corrected chi connectivity index (χ2v) is 8.87. The molecule has 0 bridgehead atoms. The first-order valence-electron chi connectivity index (χ1n) is 11.7. The number of anilines is 2. The van der Waals surface area contributed by atoms with Crippen molar-refractivity contribution in [2.75, 3.05) is 5.32 Å². The molecule has 0 aliphatic rings. The summed E-state index contributed by atoms with van der Waals surface area (Å²) in [5.74, 6) is 0.779. The van der Waals surface area contributed by atoms with Crippen LogP contribution in [-0.2, 0) is 11.3 Å². The van der Waals surface area contributed by atoms with Crippen LogP contribution in [-0.4, -0.2) is 27.1 Å². The van der Waals surface area contributed by atoms with Gasteiger partial charge >= 0.3 is 5.97 Å². The van der Waals surface area contributed by atoms with E-state index in [1.165, 1.54) is 18.5 Å². The number of rotatable bonds is 9. The molecule has 0 amide bonds. The van der Waals surface area contributed by atoms with Crippen molar-refractivity contribution in [3.8, 4) is 22.8 Å². The number of ether oxygens (including phenoxy) is 1. The minimum Gasteiger partial charge on any atom is -0.480 e. The van der Waals surface area contributed by atoms with Crippen LogP contribution in [0.25, 0.3) is 22.2 Å². The Morgan fingerprint density at radius 1 is 1.08 bits per heavy atom. The number of nitrogens with one attached hydrogen (secondary N) is 2. The molecule has 0 spiro atoms. The Morgan fingerprint density at radius 2 is 1.92 bits per heavy atom. The molecule has 0 aliphatic carbocycles. The first-order chi connectivity index (χ1) is 18.4. The fourth-order valence-corrected chi connectivity index (χ4v) is 3.94. The van der Waals surface area contributed by atoms with E-state index in [1.807, 2.05) is 24.3 Å². The first-order valence-corrected chi connectivity index (χ1v) is 12.0. The maximum absolute atomic E-state index is 14.0. The van der Waals surface area contributed by atoms with E-state index in [4.69, 9.17) is 25.9 Å². The summed E-state index contributed by atoms with van der Waals surface area (Å²) in [7, 11) is 0. The molecule has 2 aromatic heterocycles. The number of aliphatic carboxylic acids is 1. The smallest absolute Gasteiger partial charge is 0.320 e. The van der Waals surface area contributed by atoms with Gasteiger partial charge in [0.2, 0.25) is 0 Å². The van der Waals surface area contributed by atoms with Crippen LogP contribution in [0.1, 0.15) is 12.7 Å². The van der Waals surface area contributed by atoms with Crippen molar-refractivity contribution >= 4 is 40.0 Å². The van der Waals surface area contributed by atoms with Crippen molar-refractivity contribution in [1.29, 1.82) is 0 Å². The van der Waals surface area contributed by atoms with Gasteiger partial charge in [-0.05, 0) is 67.6 Å². The maximum atomic E-state index is 14.0. The van der Waals surface area contributed by atoms with E-state index in [9.17, 15) is 9.18 Å². The van der Waals surface area contributed by atoms with E-state index in [-0.39, 0.29) is 12.3 Å². The van der Waals surface area contributed by atoms with Crippen molar-refractivity contribution < 1.29 is 23.4 Å². The van der Waals surface area contributed by atoms with Crippen LogP contribution in [0, 0.1) is 5.82 Å². The monoisotopic (exact) mass is 532 g/mol. The lowest BCUT2D eigenvalue weighted by Gasteiger charge is -2.12. The summed E-state index contributed by atoms with van der Waals surface area (Å²) >= 11 is 6.42. The molecule has 1 atom stereocenters. The largest absolute Gasteiger partial charge is 0.480 e. The zero-order chi connectivity index (χ0) is 26.6. The molecule has 0 radical (unpaired) electrons. The summed E-state index contributed by atoms with van der Waals surface area (Å²) in [6, 6.07) is 19.8. The number of para-hydroxylation sites is 1. The molecule has 3 N–H and O–H groups in total. The molecule has 0 fully saturated rings. The van der Waals surface area contributed by atoms with Gasteiger partial charge in [0.25, 0.3) is 0 Å². The van der Waals surface area contributed by atoms with Crippen LogP contribution < -0.4 is 15.4 Å². The predicted octanol–water partition coefficient (Wildman–Crippen LogP) is 6.78. The third-order valence-corrected chi connectivity index (χ3v) is 6.08. The summed E-state index contributed by atoms with van der Waals surface area (Å²) in [4.78, 5) is 19.8. The van der Waals surface area contributed by atoms with E-state index >= 15 is 0 Å². The van der Waals surface area contributed by atoms with Gasteiger partial charge in [0.15, 0.2) is 11.6 Å². The van der Waals surface area contributed by atoms with Crippen molar-refractivity contribution in [1.82, 2.24) is 15.3 Å². The Kier molecular flexibility index (Phi) is 7.21. The van der Waals surface area contributed by atoms with Crippen LogP contribution in [0.2, 0.25) is 5.02 Å². The fourth-order valence-electron chi connectivity index (χ4n) is 3.72. The molecule has 8 nitrogen and oxygen atoms in total. The maximum Gasteiger partial charge on any atom is 0.320 e. The lowest BCUT2D eigenvalue weighted by atomic mass is 10.1. The molecule has 5 aromatic rings. The summed E-state index contributed by atoms with van der Waals surface area (Å²) in [6.45, 7) is 1.86. The van der Waals surface area contributed by atoms with Gasteiger partial charge in [-0.2, -0.15) is 0 Å². The highest BCUT2D eigenvalue weighted by atomic mass is 35.5. The third kappa shape index (κ3) is 5.59. The molecule has 10 heteroatoms. The molecular formula is C28H22ClFN4O4. The topological polar surface area (TPSA) is 110 Å². The highest BCUT2D eigenvalue weighted by Gasteiger charge is 2.14. The van der Waals surface area contributed by atoms with E-state index in [1.54, 1.807) is 43.3 Å². The highest BCUT2D eigenvalue weighted by Crippen LogP contribution is 2.35. The number of halogens is 2. The van der Waals surface area contributed by atoms with Crippen molar-refractivity contribution in [3.05, 3.63) is 95.7 Å². The number of carboxylic acids is 1. The van der Waals surface area contributed by atoms with Gasteiger partial charge in [0.1, 0.15) is 35.5 Å². The van der Waals surface area contributed by atoms with E-state index < -0.39 is 17.8 Å². The molecule has 2 heterocycles. The van der Waals surface area contributed by atoms with Gasteiger partial charge < -0.3 is 19.6 Å². The van der Waals surface area contributed by atoms with Gasteiger partial charge in [0.05, 0.1) is 17.1 Å². The van der Waals surface area contributed by atoms with Crippen molar-refractivity contribution in [3.63, 3.8) is 0 Å². The number of furan rings is 1. The molecule has 192 valence electrons. The van der Waals surface area contributed by atoms with Crippen molar-refractivity contribution in [2.45, 2.75) is 19.5 Å². The Hall–Kier alpha value is -4.47. The summed E-state index contributed by atoms with van der Waals surface area (Å²) in [6.07, 6.45) is 1.46. The van der Waals surface area contributed by atoms with Gasteiger partial charge in [-0.25, -0.2) is 14.4 Å². The SMILES string of the molecule is CC(NCc1ccc(-c2ccc3ncnc(Nc4ccc(Oc5ccccc5F)c(Cl)c4)c3c2)o1)C(=O)O. The van der Waals surface area contributed by atoms with Crippen LogP contribution in [0.5, 0.6) is 11.5 Å². The van der Waals surface area contributed by atoms with Crippen molar-refractivity contribution in [2.24, 2.45) is 0 Å². The Labute approximate surface area is 222 Å².